The summed E-state index contributed by atoms with van der Waals surface area (Å²) in [5, 5.41) is 0. The fraction of sp³-hybridized carbons (Fsp3) is 0.364. The van der Waals surface area contributed by atoms with Crippen LogP contribution in [0.2, 0.25) is 0 Å². The van der Waals surface area contributed by atoms with Crippen molar-refractivity contribution in [2.24, 2.45) is 4.99 Å². The van der Waals surface area contributed by atoms with E-state index in [1.807, 2.05) is 42.9 Å². The molecule has 0 bridgehead atoms. The molecule has 0 atom stereocenters. The third kappa shape index (κ3) is 5.99. The molecule has 1 amide bonds. The van der Waals surface area contributed by atoms with Crippen molar-refractivity contribution >= 4 is 49.1 Å². The van der Waals surface area contributed by atoms with E-state index >= 15 is 0 Å². The fourth-order valence-electron chi connectivity index (χ4n) is 3.04. The third-order valence-electron chi connectivity index (χ3n) is 4.67. The average Bonchev–Trinajstić information content (AvgIpc) is 3.07. The van der Waals surface area contributed by atoms with Crippen molar-refractivity contribution in [1.82, 2.24) is 4.57 Å². The molecule has 2 aromatic carbocycles. The number of fused-ring (bicyclic) bond motifs is 1. The molecule has 0 saturated carbocycles. The first-order valence-electron chi connectivity index (χ1n) is 9.96. The Morgan fingerprint density at radius 1 is 1.19 bits per heavy atom. The smallest absolute Gasteiger partial charge is 0.249 e. The Morgan fingerprint density at radius 2 is 1.94 bits per heavy atom. The Morgan fingerprint density at radius 3 is 2.61 bits per heavy atom. The third-order valence-corrected chi connectivity index (χ3v) is 8.03. The topological polar surface area (TPSA) is 77.7 Å². The molecule has 166 valence electrons. The summed E-state index contributed by atoms with van der Waals surface area (Å²) < 4.78 is 33.6. The summed E-state index contributed by atoms with van der Waals surface area (Å²) in [4.78, 5) is 17.6. The largest absolute Gasteiger partial charge is 0.494 e. The number of aryl methyl sites for hydroxylation is 2. The average molecular weight is 479 g/mol. The van der Waals surface area contributed by atoms with Gasteiger partial charge >= 0.3 is 0 Å². The molecule has 0 aliphatic rings. The van der Waals surface area contributed by atoms with Crippen molar-refractivity contribution in [3.63, 3.8) is 0 Å². The van der Waals surface area contributed by atoms with Gasteiger partial charge < -0.3 is 9.30 Å². The van der Waals surface area contributed by atoms with Gasteiger partial charge in [0.15, 0.2) is 14.6 Å². The molecule has 0 radical (unpaired) electrons. The summed E-state index contributed by atoms with van der Waals surface area (Å²) in [6, 6.07) is 12.5. The van der Waals surface area contributed by atoms with Crippen molar-refractivity contribution in [3.05, 3.63) is 52.8 Å². The summed E-state index contributed by atoms with van der Waals surface area (Å²) in [7, 11) is -3.53. The van der Waals surface area contributed by atoms with Gasteiger partial charge in [-0.3, -0.25) is 4.79 Å². The highest BCUT2D eigenvalue weighted by Crippen LogP contribution is 2.24. The first-order valence-corrected chi connectivity index (χ1v) is 13.8. The van der Waals surface area contributed by atoms with E-state index in [-0.39, 0.29) is 17.1 Å². The second-order valence-corrected chi connectivity index (χ2v) is 11.1. The number of rotatable bonds is 9. The van der Waals surface area contributed by atoms with Crippen LogP contribution in [0, 0.1) is 6.92 Å². The summed E-state index contributed by atoms with van der Waals surface area (Å²) >= 11 is 3.12. The number of thioether (sulfide) groups is 1. The Hall–Kier alpha value is -2.10. The zero-order chi connectivity index (χ0) is 22.4. The van der Waals surface area contributed by atoms with E-state index < -0.39 is 15.7 Å². The monoisotopic (exact) mass is 478 g/mol. The quantitative estimate of drug-likeness (QED) is 0.463. The molecule has 1 aromatic heterocycles. The lowest BCUT2D eigenvalue weighted by molar-refractivity contribution is -0.117. The minimum atomic E-state index is -3.53. The van der Waals surface area contributed by atoms with Gasteiger partial charge in [-0.15, -0.1) is 0 Å². The van der Waals surface area contributed by atoms with Crippen LogP contribution in [0.25, 0.3) is 10.2 Å². The molecule has 1 heterocycles. The summed E-state index contributed by atoms with van der Waals surface area (Å²) in [5.74, 6) is 0.950. The minimum absolute atomic E-state index is 0.156. The molecule has 0 spiro atoms. The maximum atomic E-state index is 12.5. The lowest BCUT2D eigenvalue weighted by atomic mass is 10.2. The molecular formula is C22H26N2O4S3. The second-order valence-electron chi connectivity index (χ2n) is 6.98. The molecule has 0 aliphatic carbocycles. The van der Waals surface area contributed by atoms with Crippen LogP contribution >= 0.6 is 23.1 Å². The predicted octanol–water partition coefficient (Wildman–Crippen LogP) is 4.06. The lowest BCUT2D eigenvalue weighted by Crippen LogP contribution is -2.19. The molecule has 9 heteroatoms. The Bertz CT molecular complexity index is 1230. The van der Waals surface area contributed by atoms with Gasteiger partial charge in [-0.05, 0) is 50.4 Å². The van der Waals surface area contributed by atoms with Crippen molar-refractivity contribution in [3.8, 4) is 5.75 Å². The fourth-order valence-corrected chi connectivity index (χ4v) is 5.74. The van der Waals surface area contributed by atoms with Crippen LogP contribution in [0.4, 0.5) is 0 Å². The Balaban J connectivity index is 1.85. The molecule has 0 aliphatic heterocycles. The maximum Gasteiger partial charge on any atom is 0.249 e. The van der Waals surface area contributed by atoms with Crippen LogP contribution in [0.15, 0.2) is 52.4 Å². The maximum absolute atomic E-state index is 12.5. The summed E-state index contributed by atoms with van der Waals surface area (Å²) in [6.07, 6.45) is 1.87. The molecule has 3 aromatic rings. The molecule has 6 nitrogen and oxygen atoms in total. The first kappa shape index (κ1) is 23.6. The highest BCUT2D eigenvalue weighted by atomic mass is 32.2. The molecule has 0 fully saturated rings. The molecule has 3 rings (SSSR count). The lowest BCUT2D eigenvalue weighted by Gasteiger charge is -2.06. The molecular weight excluding hydrogens is 452 g/mol. The van der Waals surface area contributed by atoms with Crippen LogP contribution in [0.1, 0.15) is 18.9 Å². The van der Waals surface area contributed by atoms with Crippen molar-refractivity contribution < 1.29 is 17.9 Å². The van der Waals surface area contributed by atoms with Gasteiger partial charge in [0.25, 0.3) is 0 Å². The molecule has 0 unspecified atom stereocenters. The highest BCUT2D eigenvalue weighted by molar-refractivity contribution is 7.98. The van der Waals surface area contributed by atoms with Crippen molar-refractivity contribution in [2.75, 3.05) is 24.4 Å². The number of sulfone groups is 1. The van der Waals surface area contributed by atoms with Gasteiger partial charge in [0, 0.05) is 18.7 Å². The van der Waals surface area contributed by atoms with Gasteiger partial charge in [0.05, 0.1) is 27.5 Å². The predicted molar refractivity (Wildman–Crippen MR) is 128 cm³/mol. The minimum Gasteiger partial charge on any atom is -0.494 e. The summed E-state index contributed by atoms with van der Waals surface area (Å²) in [5.41, 5.74) is 1.97. The number of benzene rings is 2. The number of amides is 1. The highest BCUT2D eigenvalue weighted by Gasteiger charge is 2.17. The molecule has 31 heavy (non-hydrogen) atoms. The van der Waals surface area contributed by atoms with E-state index in [2.05, 4.69) is 4.99 Å². The number of hydrogen-bond donors (Lipinski definition) is 0. The van der Waals surface area contributed by atoms with Gasteiger partial charge in [-0.2, -0.15) is 16.8 Å². The van der Waals surface area contributed by atoms with Crippen LogP contribution in [-0.2, 0) is 21.2 Å². The first-order chi connectivity index (χ1) is 14.8. The zero-order valence-corrected chi connectivity index (χ0v) is 20.3. The number of thiazole rings is 1. The van der Waals surface area contributed by atoms with E-state index in [0.29, 0.717) is 18.0 Å². The number of ether oxygens (including phenoxy) is 1. The second kappa shape index (κ2) is 10.5. The van der Waals surface area contributed by atoms with Crippen molar-refractivity contribution in [1.29, 1.82) is 0 Å². The summed E-state index contributed by atoms with van der Waals surface area (Å²) in [6.45, 7) is 5.12. The van der Waals surface area contributed by atoms with Crippen LogP contribution in [-0.4, -0.2) is 43.3 Å². The number of aromatic nitrogens is 1. The number of carbonyl (C=O) groups is 1. The van der Waals surface area contributed by atoms with Gasteiger partial charge in [-0.25, -0.2) is 8.42 Å². The van der Waals surface area contributed by atoms with Gasteiger partial charge in [0.2, 0.25) is 5.91 Å². The van der Waals surface area contributed by atoms with Gasteiger partial charge in [0.1, 0.15) is 5.75 Å². The molecule has 0 saturated heterocycles. The van der Waals surface area contributed by atoms with E-state index in [4.69, 9.17) is 4.74 Å². The van der Waals surface area contributed by atoms with Gasteiger partial charge in [-0.1, -0.05) is 29.0 Å². The van der Waals surface area contributed by atoms with Crippen LogP contribution < -0.4 is 9.54 Å². The normalized spacial score (nSPS) is 12.4. The number of carbonyl (C=O) groups excluding carboxylic acids is 1. The number of hydrogen-bond acceptors (Lipinski definition) is 6. The zero-order valence-electron chi connectivity index (χ0n) is 17.8. The Labute approximate surface area is 190 Å². The SMILES string of the molecule is CCOc1ccc2c(c1)sc(=NC(=O)CCS(=O)(=O)c1ccc(C)cc1)n2CCSC. The van der Waals surface area contributed by atoms with E-state index in [0.717, 1.165) is 27.3 Å². The van der Waals surface area contributed by atoms with E-state index in [1.165, 1.54) is 11.3 Å². The van der Waals surface area contributed by atoms with Crippen molar-refractivity contribution in [2.45, 2.75) is 31.7 Å². The standard InChI is InChI=1S/C22H26N2O4S3/c1-4-28-17-7-10-19-20(15-17)30-22(24(19)12-13-29-3)23-21(25)11-14-31(26,27)18-8-5-16(2)6-9-18/h5-10,15H,4,11-14H2,1-3H3. The number of nitrogens with zero attached hydrogens (tertiary/aromatic N) is 2. The van der Waals surface area contributed by atoms with Crippen LogP contribution in [0.3, 0.4) is 0 Å². The van der Waals surface area contributed by atoms with E-state index in [1.54, 1.807) is 36.0 Å². The van der Waals surface area contributed by atoms with Crippen LogP contribution in [0.5, 0.6) is 5.75 Å². The molecule has 0 N–H and O–H groups in total. The Kier molecular flexibility index (Phi) is 7.96. The van der Waals surface area contributed by atoms with E-state index in [9.17, 15) is 13.2 Å².